The topological polar surface area (TPSA) is 96.6 Å². The van der Waals surface area contributed by atoms with Crippen LogP contribution in [-0.2, 0) is 14.8 Å². The van der Waals surface area contributed by atoms with Crippen molar-refractivity contribution in [3.8, 4) is 0 Å². The van der Waals surface area contributed by atoms with E-state index in [9.17, 15) is 13.2 Å². The number of nitrogens with two attached hydrogens (primary N) is 1. The highest BCUT2D eigenvalue weighted by Gasteiger charge is 2.23. The van der Waals surface area contributed by atoms with E-state index in [1.54, 1.807) is 14.1 Å². The molecule has 20 heavy (non-hydrogen) atoms. The van der Waals surface area contributed by atoms with Gasteiger partial charge in [0.15, 0.2) is 0 Å². The lowest BCUT2D eigenvalue weighted by atomic mass is 10.3. The van der Waals surface area contributed by atoms with Crippen molar-refractivity contribution in [2.24, 2.45) is 5.73 Å². The van der Waals surface area contributed by atoms with Crippen molar-refractivity contribution in [3.05, 3.63) is 24.0 Å². The van der Waals surface area contributed by atoms with Crippen LogP contribution >= 0.6 is 12.2 Å². The Bertz CT molecular complexity index is 611. The molecular weight excluding hydrogens is 300 g/mol. The largest absolute Gasteiger partial charge is 0.388 e. The standard InChI is InChI=1S/C11H16N4O3S2/c1-14(2)10(16)7-15(3)20(17,18)8-4-5-9(11(12)19)13-6-8/h4-6H,7H2,1-3H3,(H2,12,19). The summed E-state index contributed by atoms with van der Waals surface area (Å²) in [5, 5.41) is 0. The van der Waals surface area contributed by atoms with Crippen LogP contribution in [0.1, 0.15) is 5.69 Å². The lowest BCUT2D eigenvalue weighted by Gasteiger charge is -2.19. The van der Waals surface area contributed by atoms with Gasteiger partial charge in [0, 0.05) is 27.3 Å². The Morgan fingerprint density at radius 3 is 2.35 bits per heavy atom. The van der Waals surface area contributed by atoms with Gasteiger partial charge in [0.05, 0.1) is 12.2 Å². The van der Waals surface area contributed by atoms with Gasteiger partial charge in [-0.15, -0.1) is 0 Å². The third-order valence-corrected chi connectivity index (χ3v) is 4.55. The Morgan fingerprint density at radius 1 is 1.35 bits per heavy atom. The second-order valence-corrected chi connectivity index (χ2v) is 6.78. The van der Waals surface area contributed by atoms with Gasteiger partial charge in [-0.2, -0.15) is 4.31 Å². The number of carbonyl (C=O) groups is 1. The summed E-state index contributed by atoms with van der Waals surface area (Å²) in [6.45, 7) is -0.244. The number of nitrogens with zero attached hydrogens (tertiary/aromatic N) is 3. The summed E-state index contributed by atoms with van der Waals surface area (Å²) in [4.78, 5) is 16.8. The molecule has 9 heteroatoms. The van der Waals surface area contributed by atoms with Crippen molar-refractivity contribution in [2.75, 3.05) is 27.7 Å². The van der Waals surface area contributed by atoms with E-state index in [2.05, 4.69) is 4.98 Å². The molecule has 0 aliphatic rings. The van der Waals surface area contributed by atoms with Crippen molar-refractivity contribution >= 4 is 33.1 Å². The number of thiocarbonyl (C=S) groups is 1. The van der Waals surface area contributed by atoms with Crippen molar-refractivity contribution in [1.29, 1.82) is 0 Å². The van der Waals surface area contributed by atoms with Crippen LogP contribution < -0.4 is 5.73 Å². The Morgan fingerprint density at radius 2 is 1.95 bits per heavy atom. The average molecular weight is 316 g/mol. The highest BCUT2D eigenvalue weighted by atomic mass is 32.2. The molecule has 0 radical (unpaired) electrons. The summed E-state index contributed by atoms with van der Waals surface area (Å²) in [6, 6.07) is 2.78. The molecule has 0 aliphatic heterocycles. The Labute approximate surface area is 123 Å². The third kappa shape index (κ3) is 3.71. The molecule has 110 valence electrons. The van der Waals surface area contributed by atoms with Crippen LogP contribution in [0.2, 0.25) is 0 Å². The van der Waals surface area contributed by atoms with E-state index in [1.165, 1.54) is 30.3 Å². The molecule has 0 aromatic carbocycles. The quantitative estimate of drug-likeness (QED) is 0.730. The molecule has 0 atom stereocenters. The molecule has 1 amide bonds. The molecule has 0 saturated carbocycles. The van der Waals surface area contributed by atoms with E-state index in [1.807, 2.05) is 0 Å². The molecule has 0 fully saturated rings. The van der Waals surface area contributed by atoms with Crippen LogP contribution in [-0.4, -0.2) is 61.2 Å². The zero-order valence-electron chi connectivity index (χ0n) is 11.4. The van der Waals surface area contributed by atoms with Gasteiger partial charge in [-0.05, 0) is 12.1 Å². The molecule has 1 aromatic rings. The van der Waals surface area contributed by atoms with E-state index >= 15 is 0 Å². The van der Waals surface area contributed by atoms with E-state index in [4.69, 9.17) is 18.0 Å². The van der Waals surface area contributed by atoms with E-state index in [0.717, 1.165) is 4.31 Å². The zero-order valence-corrected chi connectivity index (χ0v) is 13.0. The maximum atomic E-state index is 12.2. The van der Waals surface area contributed by atoms with E-state index < -0.39 is 10.0 Å². The first-order valence-corrected chi connectivity index (χ1v) is 7.43. The van der Waals surface area contributed by atoms with Crippen molar-refractivity contribution in [1.82, 2.24) is 14.2 Å². The summed E-state index contributed by atoms with van der Waals surface area (Å²) < 4.78 is 25.4. The second kappa shape index (κ2) is 6.25. The summed E-state index contributed by atoms with van der Waals surface area (Å²) >= 11 is 4.74. The number of aromatic nitrogens is 1. The van der Waals surface area contributed by atoms with Gasteiger partial charge in [0.25, 0.3) is 0 Å². The molecule has 1 heterocycles. The van der Waals surface area contributed by atoms with Crippen molar-refractivity contribution in [2.45, 2.75) is 4.90 Å². The summed E-state index contributed by atoms with van der Waals surface area (Å²) in [7, 11) is 0.675. The predicted molar refractivity (Wildman–Crippen MR) is 78.6 cm³/mol. The smallest absolute Gasteiger partial charge is 0.244 e. The van der Waals surface area contributed by atoms with Gasteiger partial charge in [-0.1, -0.05) is 12.2 Å². The van der Waals surface area contributed by atoms with Crippen molar-refractivity contribution < 1.29 is 13.2 Å². The molecule has 2 N–H and O–H groups in total. The maximum absolute atomic E-state index is 12.2. The van der Waals surface area contributed by atoms with Gasteiger partial charge >= 0.3 is 0 Å². The summed E-state index contributed by atoms with van der Waals surface area (Å²) in [6.07, 6.45) is 1.17. The van der Waals surface area contributed by atoms with Gasteiger partial charge in [-0.25, -0.2) is 8.42 Å². The fourth-order valence-corrected chi connectivity index (χ4v) is 2.46. The second-order valence-electron chi connectivity index (χ2n) is 4.29. The van der Waals surface area contributed by atoms with Crippen LogP contribution in [0.25, 0.3) is 0 Å². The lowest BCUT2D eigenvalue weighted by Crippen LogP contribution is -2.37. The molecule has 0 saturated heterocycles. The molecule has 0 spiro atoms. The molecule has 0 bridgehead atoms. The van der Waals surface area contributed by atoms with Gasteiger partial charge in [0.1, 0.15) is 9.88 Å². The molecular formula is C11H16N4O3S2. The Balaban J connectivity index is 2.98. The number of hydrogen-bond acceptors (Lipinski definition) is 5. The molecule has 0 aliphatic carbocycles. The van der Waals surface area contributed by atoms with Gasteiger partial charge in [0.2, 0.25) is 15.9 Å². The first-order chi connectivity index (χ1) is 9.16. The van der Waals surface area contributed by atoms with Crippen LogP contribution in [0.3, 0.4) is 0 Å². The Kier molecular flexibility index (Phi) is 5.15. The first-order valence-electron chi connectivity index (χ1n) is 5.58. The van der Waals surface area contributed by atoms with Crippen LogP contribution in [0.4, 0.5) is 0 Å². The number of carbonyl (C=O) groups excluding carboxylic acids is 1. The number of hydrogen-bond donors (Lipinski definition) is 1. The lowest BCUT2D eigenvalue weighted by molar-refractivity contribution is -0.128. The van der Waals surface area contributed by atoms with E-state index in [0.29, 0.717) is 5.69 Å². The number of rotatable bonds is 5. The predicted octanol–water partition coefficient (Wildman–Crippen LogP) is -0.575. The normalized spacial score (nSPS) is 11.4. The molecule has 1 rings (SSSR count). The number of likely N-dealkylation sites (N-methyl/N-ethyl adjacent to an activating group) is 2. The van der Waals surface area contributed by atoms with Gasteiger partial charge in [-0.3, -0.25) is 9.78 Å². The van der Waals surface area contributed by atoms with Gasteiger partial charge < -0.3 is 10.6 Å². The highest BCUT2D eigenvalue weighted by molar-refractivity contribution is 7.89. The first kappa shape index (κ1) is 16.5. The van der Waals surface area contributed by atoms with Crippen LogP contribution in [0.15, 0.2) is 23.2 Å². The number of sulfonamides is 1. The Hall–Kier alpha value is -1.58. The highest BCUT2D eigenvalue weighted by Crippen LogP contribution is 2.13. The fourth-order valence-electron chi connectivity index (χ4n) is 1.28. The molecule has 0 unspecified atom stereocenters. The SMILES string of the molecule is CN(C)C(=O)CN(C)S(=O)(=O)c1ccc(C(N)=S)nc1. The number of pyridine rings is 1. The average Bonchev–Trinajstić information content (AvgIpc) is 2.38. The van der Waals surface area contributed by atoms with Crippen LogP contribution in [0, 0.1) is 0 Å². The van der Waals surface area contributed by atoms with Crippen LogP contribution in [0.5, 0.6) is 0 Å². The minimum atomic E-state index is -3.77. The molecule has 1 aromatic heterocycles. The molecule has 7 nitrogen and oxygen atoms in total. The third-order valence-electron chi connectivity index (χ3n) is 2.55. The summed E-state index contributed by atoms with van der Waals surface area (Å²) in [5.41, 5.74) is 5.73. The fraction of sp³-hybridized carbons (Fsp3) is 0.364. The zero-order chi connectivity index (χ0) is 15.5. The minimum absolute atomic E-state index is 0.0217. The summed E-state index contributed by atoms with van der Waals surface area (Å²) in [5.74, 6) is -0.316. The maximum Gasteiger partial charge on any atom is 0.244 e. The number of amides is 1. The monoisotopic (exact) mass is 316 g/mol. The van der Waals surface area contributed by atoms with Crippen molar-refractivity contribution in [3.63, 3.8) is 0 Å². The van der Waals surface area contributed by atoms with E-state index in [-0.39, 0.29) is 22.3 Å². The minimum Gasteiger partial charge on any atom is -0.388 e.